The van der Waals surface area contributed by atoms with Gasteiger partial charge in [0, 0.05) is 23.5 Å². The maximum absolute atomic E-state index is 14.5. The molecular weight excluding hydrogens is 395 g/mol. The fourth-order valence-electron chi connectivity index (χ4n) is 3.20. The lowest BCUT2D eigenvalue weighted by molar-refractivity contribution is 0.321. The maximum atomic E-state index is 14.5. The quantitative estimate of drug-likeness (QED) is 0.302. The topological polar surface area (TPSA) is 91.2 Å². The molecule has 0 aliphatic rings. The van der Waals surface area contributed by atoms with Gasteiger partial charge in [0.15, 0.2) is 5.69 Å². The third-order valence-corrected chi connectivity index (χ3v) is 4.71. The highest BCUT2D eigenvalue weighted by Gasteiger charge is 2.23. The molecule has 0 amide bonds. The summed E-state index contributed by atoms with van der Waals surface area (Å²) in [6, 6.07) is 17.4. The summed E-state index contributed by atoms with van der Waals surface area (Å²) in [5.74, 6) is 5.11. The van der Waals surface area contributed by atoms with E-state index in [1.54, 1.807) is 42.7 Å². The third-order valence-electron chi connectivity index (χ3n) is 4.71. The Bertz CT molecular complexity index is 1270. The van der Waals surface area contributed by atoms with Crippen molar-refractivity contribution >= 4 is 11.6 Å². The molecular formula is C23H19FN6O. The highest BCUT2D eigenvalue weighted by molar-refractivity contribution is 6.00. The summed E-state index contributed by atoms with van der Waals surface area (Å²) in [6.45, 7) is 5.99. The van der Waals surface area contributed by atoms with E-state index in [9.17, 15) is 4.39 Å². The molecule has 2 heterocycles. The minimum absolute atomic E-state index is 0.00246. The van der Waals surface area contributed by atoms with Crippen LogP contribution in [0.2, 0.25) is 0 Å². The van der Waals surface area contributed by atoms with Crippen molar-refractivity contribution in [2.45, 2.75) is 6.92 Å². The van der Waals surface area contributed by atoms with Gasteiger partial charge in [0.05, 0.1) is 5.70 Å². The zero-order valence-corrected chi connectivity index (χ0v) is 16.7. The summed E-state index contributed by atoms with van der Waals surface area (Å²) >= 11 is 0. The molecule has 154 valence electrons. The van der Waals surface area contributed by atoms with Gasteiger partial charge in [-0.3, -0.25) is 4.98 Å². The van der Waals surface area contributed by atoms with Gasteiger partial charge in [-0.05, 0) is 36.8 Å². The van der Waals surface area contributed by atoms with Crippen molar-refractivity contribution < 1.29 is 9.23 Å². The van der Waals surface area contributed by atoms with Crippen LogP contribution in [0.4, 0.5) is 4.39 Å². The molecule has 0 fully saturated rings. The van der Waals surface area contributed by atoms with Gasteiger partial charge in [0.25, 0.3) is 5.90 Å². The number of hydrogen-bond donors (Lipinski definition) is 1. The van der Waals surface area contributed by atoms with Crippen molar-refractivity contribution in [1.29, 1.82) is 0 Å². The van der Waals surface area contributed by atoms with Crippen molar-refractivity contribution in [1.82, 2.24) is 20.0 Å². The Kier molecular flexibility index (Phi) is 5.63. The van der Waals surface area contributed by atoms with Gasteiger partial charge < -0.3 is 4.84 Å². The van der Waals surface area contributed by atoms with Gasteiger partial charge in [-0.25, -0.2) is 14.1 Å². The van der Waals surface area contributed by atoms with Gasteiger partial charge in [-0.2, -0.15) is 5.90 Å². The van der Waals surface area contributed by atoms with E-state index >= 15 is 0 Å². The van der Waals surface area contributed by atoms with Crippen LogP contribution >= 0.6 is 0 Å². The first-order chi connectivity index (χ1) is 15.1. The molecule has 0 bridgehead atoms. The van der Waals surface area contributed by atoms with Crippen LogP contribution in [-0.2, 0) is 4.84 Å². The second-order valence-electron chi connectivity index (χ2n) is 6.68. The summed E-state index contributed by atoms with van der Waals surface area (Å²) in [4.78, 5) is 13.6. The van der Waals surface area contributed by atoms with E-state index < -0.39 is 5.82 Å². The average Bonchev–Trinajstić information content (AvgIpc) is 3.23. The fourth-order valence-corrected chi connectivity index (χ4v) is 3.20. The number of aromatic nitrogens is 4. The minimum atomic E-state index is -0.453. The number of nitrogens with two attached hydrogens (primary N) is 1. The van der Waals surface area contributed by atoms with E-state index in [0.717, 1.165) is 11.1 Å². The molecule has 0 radical (unpaired) electrons. The molecule has 4 rings (SSSR count). The Balaban J connectivity index is 1.89. The Morgan fingerprint density at radius 1 is 1.06 bits per heavy atom. The Morgan fingerprint density at radius 3 is 2.48 bits per heavy atom. The predicted molar refractivity (Wildman–Crippen MR) is 117 cm³/mol. The zero-order valence-electron chi connectivity index (χ0n) is 16.7. The number of rotatable bonds is 5. The molecule has 0 aliphatic heterocycles. The number of halogens is 1. The molecule has 0 saturated heterocycles. The van der Waals surface area contributed by atoms with E-state index in [1.165, 1.54) is 10.7 Å². The van der Waals surface area contributed by atoms with E-state index in [-0.39, 0.29) is 17.3 Å². The first-order valence-corrected chi connectivity index (χ1v) is 9.42. The van der Waals surface area contributed by atoms with Gasteiger partial charge in [0.2, 0.25) is 0 Å². The number of nitrogens with zero attached hydrogens (tertiary/aromatic N) is 5. The number of pyridine rings is 1. The summed E-state index contributed by atoms with van der Waals surface area (Å²) in [7, 11) is 0. The SMILES string of the molecule is C=C(/N=C(\ON)c1nnn(-c2ccccc2F)c1-c1ccncc1)c1ccccc1C. The maximum Gasteiger partial charge on any atom is 0.268 e. The molecule has 31 heavy (non-hydrogen) atoms. The molecule has 0 spiro atoms. The summed E-state index contributed by atoms with van der Waals surface area (Å²) < 4.78 is 15.9. The fraction of sp³-hybridized carbons (Fsp3) is 0.0435. The van der Waals surface area contributed by atoms with E-state index in [0.29, 0.717) is 17.0 Å². The van der Waals surface area contributed by atoms with Crippen LogP contribution < -0.4 is 5.90 Å². The molecule has 2 N–H and O–H groups in total. The second kappa shape index (κ2) is 8.68. The van der Waals surface area contributed by atoms with Crippen molar-refractivity contribution in [3.05, 3.63) is 102 Å². The molecule has 0 atom stereocenters. The predicted octanol–water partition coefficient (Wildman–Crippen LogP) is 4.08. The lowest BCUT2D eigenvalue weighted by atomic mass is 10.1. The van der Waals surface area contributed by atoms with E-state index in [2.05, 4.69) is 26.9 Å². The zero-order chi connectivity index (χ0) is 21.8. The lowest BCUT2D eigenvalue weighted by Gasteiger charge is -2.10. The summed E-state index contributed by atoms with van der Waals surface area (Å²) in [6.07, 6.45) is 3.23. The van der Waals surface area contributed by atoms with Gasteiger partial charge in [0.1, 0.15) is 17.2 Å². The van der Waals surface area contributed by atoms with E-state index in [1.807, 2.05) is 31.2 Å². The smallest absolute Gasteiger partial charge is 0.268 e. The number of hydrogen-bond acceptors (Lipinski definition) is 6. The molecule has 7 nitrogen and oxygen atoms in total. The van der Waals surface area contributed by atoms with Gasteiger partial charge in [-0.1, -0.05) is 48.2 Å². The Labute approximate surface area is 178 Å². The van der Waals surface area contributed by atoms with Gasteiger partial charge in [-0.15, -0.1) is 5.10 Å². The summed E-state index contributed by atoms with van der Waals surface area (Å²) in [5, 5.41) is 8.35. The average molecular weight is 414 g/mol. The molecule has 0 saturated carbocycles. The second-order valence-corrected chi connectivity index (χ2v) is 6.68. The highest BCUT2D eigenvalue weighted by atomic mass is 19.1. The molecule has 0 aliphatic carbocycles. The largest absolute Gasteiger partial charge is 0.389 e. The molecule has 8 heteroatoms. The van der Waals surface area contributed by atoms with Crippen LogP contribution in [-0.4, -0.2) is 25.9 Å². The first kappa shape index (κ1) is 20.1. The standard InChI is InChI=1S/C23H19FN6O/c1-15-7-3-4-8-18(15)16(2)27-23(31-25)21-22(17-11-13-26-14-12-17)30(29-28-21)20-10-6-5-9-19(20)24/h3-14H,2,25H2,1H3/b27-23-. The van der Waals surface area contributed by atoms with Crippen molar-refractivity contribution in [2.75, 3.05) is 0 Å². The number of aryl methyl sites for hydroxylation is 1. The van der Waals surface area contributed by atoms with Crippen molar-refractivity contribution in [2.24, 2.45) is 10.9 Å². The van der Waals surface area contributed by atoms with Gasteiger partial charge >= 0.3 is 0 Å². The number of benzene rings is 2. The van der Waals surface area contributed by atoms with Crippen molar-refractivity contribution in [3.8, 4) is 16.9 Å². The highest BCUT2D eigenvalue weighted by Crippen LogP contribution is 2.28. The van der Waals surface area contributed by atoms with E-state index in [4.69, 9.17) is 10.7 Å². The van der Waals surface area contributed by atoms with Crippen LogP contribution in [0.1, 0.15) is 16.8 Å². The van der Waals surface area contributed by atoms with Crippen molar-refractivity contribution in [3.63, 3.8) is 0 Å². The monoisotopic (exact) mass is 414 g/mol. The Hall–Kier alpha value is -4.17. The summed E-state index contributed by atoms with van der Waals surface area (Å²) in [5.41, 5.74) is 3.88. The van der Waals surface area contributed by atoms with Crippen LogP contribution in [0.3, 0.4) is 0 Å². The molecule has 4 aromatic rings. The minimum Gasteiger partial charge on any atom is -0.389 e. The molecule has 0 unspecified atom stereocenters. The third kappa shape index (κ3) is 3.96. The Morgan fingerprint density at radius 2 is 1.77 bits per heavy atom. The first-order valence-electron chi connectivity index (χ1n) is 9.42. The lowest BCUT2D eigenvalue weighted by Crippen LogP contribution is -2.14. The normalized spacial score (nSPS) is 11.4. The van der Waals surface area contributed by atoms with Crippen LogP contribution in [0, 0.1) is 12.7 Å². The number of aliphatic imine (C=N–C) groups is 1. The van der Waals surface area contributed by atoms with Crippen LogP contribution in [0.25, 0.3) is 22.6 Å². The number of para-hydroxylation sites is 1. The molecule has 2 aromatic carbocycles. The molecule has 2 aromatic heterocycles. The van der Waals surface area contributed by atoms with Crippen LogP contribution in [0.5, 0.6) is 0 Å². The van der Waals surface area contributed by atoms with Crippen LogP contribution in [0.15, 0.2) is 84.6 Å².